The minimum Gasteiger partial charge on any atom is -0.356 e. The molecule has 0 radical (unpaired) electrons. The topological polar surface area (TPSA) is 101 Å². The normalized spacial score (nSPS) is 22.3. The van der Waals surface area contributed by atoms with Crippen molar-refractivity contribution in [2.75, 3.05) is 18.0 Å². The van der Waals surface area contributed by atoms with E-state index in [-0.39, 0.29) is 0 Å². The van der Waals surface area contributed by atoms with Crippen LogP contribution in [-0.4, -0.2) is 43.5 Å². The van der Waals surface area contributed by atoms with Crippen LogP contribution in [0.3, 0.4) is 0 Å². The molecular weight excluding hydrogens is 376 g/mol. The zero-order valence-electron chi connectivity index (χ0n) is 16.5. The van der Waals surface area contributed by atoms with E-state index >= 15 is 0 Å². The highest BCUT2D eigenvalue weighted by Crippen LogP contribution is 2.45. The molecule has 0 aromatic carbocycles. The zero-order chi connectivity index (χ0) is 20.4. The van der Waals surface area contributed by atoms with Crippen LogP contribution in [0.5, 0.6) is 0 Å². The average Bonchev–Trinajstić information content (AvgIpc) is 3.23. The molecule has 4 aromatic rings. The van der Waals surface area contributed by atoms with E-state index in [0.29, 0.717) is 29.1 Å². The smallest absolute Gasteiger partial charge is 0.128 e. The molecule has 2 aliphatic rings. The summed E-state index contributed by atoms with van der Waals surface area (Å²) in [7, 11) is 1.89. The summed E-state index contributed by atoms with van der Waals surface area (Å²) in [6.45, 7) is 1.96. The number of anilines is 1. The third-order valence-corrected chi connectivity index (χ3v) is 6.39. The molecule has 30 heavy (non-hydrogen) atoms. The maximum Gasteiger partial charge on any atom is 0.128 e. The van der Waals surface area contributed by atoms with Crippen molar-refractivity contribution in [3.8, 4) is 28.5 Å². The van der Waals surface area contributed by atoms with Crippen LogP contribution in [-0.2, 0) is 7.05 Å². The highest BCUT2D eigenvalue weighted by Gasteiger charge is 2.53. The molecule has 1 unspecified atom stereocenters. The molecule has 148 valence electrons. The molecule has 1 aliphatic heterocycles. The van der Waals surface area contributed by atoms with Crippen LogP contribution in [0.25, 0.3) is 27.9 Å². The van der Waals surface area contributed by atoms with Crippen LogP contribution in [0.4, 0.5) is 5.82 Å². The summed E-state index contributed by atoms with van der Waals surface area (Å²) in [5.41, 5.74) is 10.8. The highest BCUT2D eigenvalue weighted by molar-refractivity contribution is 5.78. The zero-order valence-corrected chi connectivity index (χ0v) is 16.5. The second kappa shape index (κ2) is 6.15. The van der Waals surface area contributed by atoms with Crippen LogP contribution in [0.2, 0.25) is 0 Å². The molecule has 8 heteroatoms. The number of pyridine rings is 2. The first kappa shape index (κ1) is 17.2. The molecule has 8 nitrogen and oxygen atoms in total. The summed E-state index contributed by atoms with van der Waals surface area (Å²) in [5, 5.41) is 18.7. The number of aromatic nitrogens is 5. The number of rotatable bonds is 3. The summed E-state index contributed by atoms with van der Waals surface area (Å²) in [6.07, 6.45) is 7.51. The molecule has 2 fully saturated rings. The third kappa shape index (κ3) is 2.52. The molecule has 0 spiro atoms. The van der Waals surface area contributed by atoms with E-state index in [1.54, 1.807) is 9.20 Å². The first-order valence-corrected chi connectivity index (χ1v) is 10.0. The molecule has 1 saturated carbocycles. The van der Waals surface area contributed by atoms with Gasteiger partial charge < -0.3 is 10.6 Å². The number of piperidine rings is 1. The Hall–Kier alpha value is -3.70. The maximum atomic E-state index is 9.79. The van der Waals surface area contributed by atoms with Crippen molar-refractivity contribution in [3.63, 3.8) is 0 Å². The lowest BCUT2D eigenvalue weighted by Crippen LogP contribution is -2.28. The molecule has 4 aromatic heterocycles. The number of nitrogens with zero attached hydrogens (tertiary/aromatic N) is 7. The Bertz CT molecular complexity index is 1300. The van der Waals surface area contributed by atoms with Crippen molar-refractivity contribution in [2.45, 2.75) is 6.04 Å². The largest absolute Gasteiger partial charge is 0.356 e. The molecule has 6 rings (SSSR count). The summed E-state index contributed by atoms with van der Waals surface area (Å²) in [5.74, 6) is 2.19. The van der Waals surface area contributed by atoms with E-state index in [4.69, 9.17) is 10.8 Å². The lowest BCUT2D eigenvalue weighted by atomic mass is 10.1. The van der Waals surface area contributed by atoms with Gasteiger partial charge in [-0.15, -0.1) is 0 Å². The molecular formula is C22H20N8. The van der Waals surface area contributed by atoms with Crippen LogP contribution in [0.1, 0.15) is 5.56 Å². The second-order valence-corrected chi connectivity index (χ2v) is 8.20. The second-order valence-electron chi connectivity index (χ2n) is 8.20. The minimum absolute atomic E-state index is 0.369. The van der Waals surface area contributed by atoms with Gasteiger partial charge in [-0.25, -0.2) is 9.50 Å². The lowest BCUT2D eigenvalue weighted by molar-refractivity contribution is 0.735. The molecule has 2 N–H and O–H groups in total. The van der Waals surface area contributed by atoms with Gasteiger partial charge in [0.25, 0.3) is 0 Å². The van der Waals surface area contributed by atoms with Crippen LogP contribution >= 0.6 is 0 Å². The number of nitrogens with two attached hydrogens (primary N) is 1. The number of nitriles is 1. The first-order valence-electron chi connectivity index (χ1n) is 10.0. The standard InChI is InChI=1S/C22H20N8/c1-28-9-15(8-26-28)14-2-4-19-16(6-23)22(27-30(19)10-14)13-3-5-20(25-7-13)29-11-17-18(12-29)21(17)24/h2-5,7-10,17-18,21H,11-12,24H2,1H3/t17-,18+,21?. The van der Waals surface area contributed by atoms with E-state index in [1.807, 2.05) is 56.1 Å². The van der Waals surface area contributed by atoms with Gasteiger partial charge in [0, 0.05) is 61.5 Å². The van der Waals surface area contributed by atoms with Gasteiger partial charge in [0.15, 0.2) is 0 Å². The average molecular weight is 396 g/mol. The number of fused-ring (bicyclic) bond motifs is 2. The van der Waals surface area contributed by atoms with Crippen LogP contribution < -0.4 is 10.6 Å². The SMILES string of the molecule is Cn1cc(-c2ccc3c(C#N)c(-c4ccc(N5C[C@@H]6C(N)[C@@H]6C5)nc4)nn3c2)cn1. The Morgan fingerprint density at radius 3 is 2.50 bits per heavy atom. The van der Waals surface area contributed by atoms with Crippen molar-refractivity contribution in [2.24, 2.45) is 24.6 Å². The van der Waals surface area contributed by atoms with Gasteiger partial charge in [0.2, 0.25) is 0 Å². The van der Waals surface area contributed by atoms with Crippen molar-refractivity contribution in [3.05, 3.63) is 54.6 Å². The molecule has 5 heterocycles. The first-order chi connectivity index (χ1) is 14.6. The van der Waals surface area contributed by atoms with E-state index in [0.717, 1.165) is 41.1 Å². The minimum atomic E-state index is 0.369. The van der Waals surface area contributed by atoms with Gasteiger partial charge >= 0.3 is 0 Å². The van der Waals surface area contributed by atoms with Gasteiger partial charge in [-0.3, -0.25) is 4.68 Å². The lowest BCUT2D eigenvalue weighted by Gasteiger charge is -2.20. The monoisotopic (exact) mass is 396 g/mol. The number of hydrogen-bond donors (Lipinski definition) is 1. The van der Waals surface area contributed by atoms with Gasteiger partial charge in [-0.2, -0.15) is 15.5 Å². The van der Waals surface area contributed by atoms with Crippen molar-refractivity contribution in [1.82, 2.24) is 24.4 Å². The van der Waals surface area contributed by atoms with Gasteiger partial charge in [-0.05, 0) is 30.0 Å². The third-order valence-electron chi connectivity index (χ3n) is 6.39. The maximum absolute atomic E-state index is 9.79. The molecule has 3 atom stereocenters. The Morgan fingerprint density at radius 2 is 1.83 bits per heavy atom. The molecule has 1 saturated heterocycles. The fourth-order valence-electron chi connectivity index (χ4n) is 4.58. The van der Waals surface area contributed by atoms with Gasteiger partial charge in [0.1, 0.15) is 23.1 Å². The fraction of sp³-hybridized carbons (Fsp3) is 0.273. The summed E-state index contributed by atoms with van der Waals surface area (Å²) in [6, 6.07) is 10.6. The highest BCUT2D eigenvalue weighted by atomic mass is 15.3. The quantitative estimate of drug-likeness (QED) is 0.569. The number of aryl methyl sites for hydroxylation is 1. The van der Waals surface area contributed by atoms with Crippen molar-refractivity contribution >= 4 is 11.3 Å². The van der Waals surface area contributed by atoms with E-state index in [2.05, 4.69) is 21.1 Å². The predicted molar refractivity (Wildman–Crippen MR) is 113 cm³/mol. The van der Waals surface area contributed by atoms with E-state index < -0.39 is 0 Å². The van der Waals surface area contributed by atoms with Crippen molar-refractivity contribution < 1.29 is 0 Å². The summed E-state index contributed by atoms with van der Waals surface area (Å²) < 4.78 is 3.53. The predicted octanol–water partition coefficient (Wildman–Crippen LogP) is 2.06. The van der Waals surface area contributed by atoms with Crippen molar-refractivity contribution in [1.29, 1.82) is 5.26 Å². The van der Waals surface area contributed by atoms with E-state index in [1.165, 1.54) is 0 Å². The van der Waals surface area contributed by atoms with Gasteiger partial charge in [0.05, 0.1) is 11.7 Å². The summed E-state index contributed by atoms with van der Waals surface area (Å²) in [4.78, 5) is 6.94. The Morgan fingerprint density at radius 1 is 1.03 bits per heavy atom. The summed E-state index contributed by atoms with van der Waals surface area (Å²) >= 11 is 0. The Kier molecular flexibility index (Phi) is 3.52. The van der Waals surface area contributed by atoms with Crippen LogP contribution in [0.15, 0.2) is 49.1 Å². The number of hydrogen-bond acceptors (Lipinski definition) is 6. The Balaban J connectivity index is 1.35. The molecule has 1 aliphatic carbocycles. The van der Waals surface area contributed by atoms with Crippen LogP contribution in [0, 0.1) is 23.2 Å². The fourth-order valence-corrected chi connectivity index (χ4v) is 4.58. The van der Waals surface area contributed by atoms with Gasteiger partial charge in [-0.1, -0.05) is 6.07 Å². The molecule has 0 bridgehead atoms. The Labute approximate surface area is 173 Å². The molecule has 0 amide bonds. The van der Waals surface area contributed by atoms with E-state index in [9.17, 15) is 5.26 Å².